The maximum atomic E-state index is 10.5. The summed E-state index contributed by atoms with van der Waals surface area (Å²) in [5.41, 5.74) is 4.52. The van der Waals surface area contributed by atoms with E-state index in [1.807, 2.05) is 24.3 Å². The fraction of sp³-hybridized carbons (Fsp3) is 0. The van der Waals surface area contributed by atoms with Crippen LogP contribution in [0.1, 0.15) is 4.88 Å². The van der Waals surface area contributed by atoms with E-state index < -0.39 is 4.92 Å². The van der Waals surface area contributed by atoms with Crippen LogP contribution in [0.25, 0.3) is 11.0 Å². The molecule has 3 aromatic rings. The van der Waals surface area contributed by atoms with E-state index in [2.05, 4.69) is 20.5 Å². The average Bonchev–Trinajstić information content (AvgIpc) is 3.04. The van der Waals surface area contributed by atoms with Crippen molar-refractivity contribution >= 4 is 39.5 Å². The number of nitrogens with one attached hydrogen (secondary N) is 2. The number of para-hydroxylation sites is 2. The van der Waals surface area contributed by atoms with Crippen LogP contribution >= 0.6 is 11.3 Å². The van der Waals surface area contributed by atoms with Gasteiger partial charge in [-0.2, -0.15) is 5.10 Å². The molecule has 7 nitrogen and oxygen atoms in total. The van der Waals surface area contributed by atoms with Crippen LogP contribution in [0.15, 0.2) is 41.5 Å². The molecule has 2 aromatic heterocycles. The van der Waals surface area contributed by atoms with Gasteiger partial charge in [0.2, 0.25) is 5.95 Å². The number of hydrazone groups is 1. The first kappa shape index (κ1) is 12.3. The quantitative estimate of drug-likeness (QED) is 0.438. The number of aromatic nitrogens is 2. The monoisotopic (exact) mass is 287 g/mol. The van der Waals surface area contributed by atoms with Crippen molar-refractivity contribution < 1.29 is 4.92 Å². The van der Waals surface area contributed by atoms with Gasteiger partial charge >= 0.3 is 5.00 Å². The molecule has 0 fully saturated rings. The minimum absolute atomic E-state index is 0.0928. The summed E-state index contributed by atoms with van der Waals surface area (Å²) in [6.45, 7) is 0. The topological polar surface area (TPSA) is 96.2 Å². The molecule has 0 saturated heterocycles. The van der Waals surface area contributed by atoms with Crippen molar-refractivity contribution in [3.63, 3.8) is 0 Å². The Labute approximate surface area is 117 Å². The summed E-state index contributed by atoms with van der Waals surface area (Å²) in [6, 6.07) is 10.7. The molecular weight excluding hydrogens is 278 g/mol. The fourth-order valence-corrected chi connectivity index (χ4v) is 2.37. The zero-order chi connectivity index (χ0) is 13.9. The van der Waals surface area contributed by atoms with Gasteiger partial charge in [-0.15, -0.1) is 0 Å². The maximum Gasteiger partial charge on any atom is 0.324 e. The van der Waals surface area contributed by atoms with E-state index in [9.17, 15) is 10.1 Å². The second-order valence-electron chi connectivity index (χ2n) is 3.91. The number of rotatable bonds is 4. The lowest BCUT2D eigenvalue weighted by atomic mass is 10.3. The van der Waals surface area contributed by atoms with E-state index in [1.54, 1.807) is 6.07 Å². The number of thiophene rings is 1. The normalized spacial score (nSPS) is 11.2. The smallest absolute Gasteiger partial charge is 0.323 e. The van der Waals surface area contributed by atoms with Crippen molar-refractivity contribution in [2.24, 2.45) is 5.10 Å². The Morgan fingerprint density at radius 1 is 1.35 bits per heavy atom. The molecule has 0 atom stereocenters. The highest BCUT2D eigenvalue weighted by atomic mass is 32.1. The van der Waals surface area contributed by atoms with Crippen LogP contribution in [-0.2, 0) is 0 Å². The fourth-order valence-electron chi connectivity index (χ4n) is 1.67. The Morgan fingerprint density at radius 2 is 2.20 bits per heavy atom. The van der Waals surface area contributed by atoms with Gasteiger partial charge in [-0.3, -0.25) is 10.1 Å². The zero-order valence-electron chi connectivity index (χ0n) is 10.1. The minimum Gasteiger partial charge on any atom is -0.323 e. The van der Waals surface area contributed by atoms with Gasteiger partial charge in [0.15, 0.2) is 0 Å². The highest BCUT2D eigenvalue weighted by Crippen LogP contribution is 2.22. The largest absolute Gasteiger partial charge is 0.324 e. The number of nitro groups is 1. The van der Waals surface area contributed by atoms with Crippen LogP contribution in [0, 0.1) is 10.1 Å². The molecule has 0 aliphatic carbocycles. The number of H-pyrrole nitrogens is 1. The Bertz CT molecular complexity index is 759. The third-order valence-electron chi connectivity index (χ3n) is 2.54. The molecule has 2 heterocycles. The zero-order valence-corrected chi connectivity index (χ0v) is 10.9. The highest BCUT2D eigenvalue weighted by molar-refractivity contribution is 7.16. The van der Waals surface area contributed by atoms with E-state index in [4.69, 9.17) is 0 Å². The lowest BCUT2D eigenvalue weighted by Gasteiger charge is -1.91. The number of aromatic amines is 1. The van der Waals surface area contributed by atoms with Crippen LogP contribution in [0.4, 0.5) is 10.9 Å². The van der Waals surface area contributed by atoms with Crippen molar-refractivity contribution in [3.05, 3.63) is 51.4 Å². The first-order chi connectivity index (χ1) is 9.72. The molecule has 0 aliphatic heterocycles. The van der Waals surface area contributed by atoms with E-state index in [-0.39, 0.29) is 5.00 Å². The summed E-state index contributed by atoms with van der Waals surface area (Å²) in [5, 5.41) is 14.6. The molecule has 3 rings (SSSR count). The minimum atomic E-state index is -0.422. The number of hydrogen-bond donors (Lipinski definition) is 2. The van der Waals surface area contributed by atoms with Crippen LogP contribution in [0.2, 0.25) is 0 Å². The van der Waals surface area contributed by atoms with Gasteiger partial charge in [-0.1, -0.05) is 23.5 Å². The first-order valence-electron chi connectivity index (χ1n) is 5.70. The van der Waals surface area contributed by atoms with Gasteiger partial charge in [0, 0.05) is 6.07 Å². The molecule has 1 aromatic carbocycles. The Kier molecular flexibility index (Phi) is 3.13. The Morgan fingerprint density at radius 3 is 2.95 bits per heavy atom. The molecule has 0 bridgehead atoms. The number of nitrogens with zero attached hydrogens (tertiary/aromatic N) is 3. The van der Waals surface area contributed by atoms with Crippen molar-refractivity contribution in [1.29, 1.82) is 0 Å². The lowest BCUT2D eigenvalue weighted by Crippen LogP contribution is -1.90. The van der Waals surface area contributed by atoms with Gasteiger partial charge in [0.1, 0.15) is 0 Å². The molecule has 100 valence electrons. The van der Waals surface area contributed by atoms with Crippen molar-refractivity contribution in [2.75, 3.05) is 5.43 Å². The number of benzene rings is 1. The third-order valence-corrected chi connectivity index (χ3v) is 3.52. The standard InChI is InChI=1S/C12H9N5O2S/c18-17(19)11-6-5-8(20-11)7-13-16-12-14-9-3-1-2-4-10(9)15-12/h1-7H,(H2,14,15,16)/b13-7+. The van der Waals surface area contributed by atoms with Crippen LogP contribution in [-0.4, -0.2) is 21.1 Å². The van der Waals surface area contributed by atoms with Gasteiger partial charge < -0.3 is 4.98 Å². The summed E-state index contributed by atoms with van der Waals surface area (Å²) in [5.74, 6) is 0.522. The van der Waals surface area contributed by atoms with Gasteiger partial charge in [-0.05, 0) is 18.2 Å². The SMILES string of the molecule is O=[N+]([O-])c1ccc(/C=N/Nc2nc3ccccc3[nH]2)s1. The van der Waals surface area contributed by atoms with Gasteiger partial charge in [0.05, 0.1) is 27.0 Å². The van der Waals surface area contributed by atoms with Crippen molar-refractivity contribution in [2.45, 2.75) is 0 Å². The van der Waals surface area contributed by atoms with E-state index in [0.29, 0.717) is 10.8 Å². The van der Waals surface area contributed by atoms with Crippen LogP contribution in [0.5, 0.6) is 0 Å². The second-order valence-corrected chi connectivity index (χ2v) is 5.00. The number of imidazole rings is 1. The predicted octanol–water partition coefficient (Wildman–Crippen LogP) is 2.98. The molecule has 20 heavy (non-hydrogen) atoms. The molecule has 0 unspecified atom stereocenters. The van der Waals surface area contributed by atoms with E-state index in [0.717, 1.165) is 22.4 Å². The van der Waals surface area contributed by atoms with E-state index >= 15 is 0 Å². The van der Waals surface area contributed by atoms with Crippen molar-refractivity contribution in [1.82, 2.24) is 9.97 Å². The van der Waals surface area contributed by atoms with E-state index in [1.165, 1.54) is 12.3 Å². The Balaban J connectivity index is 1.71. The van der Waals surface area contributed by atoms with Crippen LogP contribution < -0.4 is 5.43 Å². The summed E-state index contributed by atoms with van der Waals surface area (Å²) < 4.78 is 0. The molecule has 0 amide bonds. The van der Waals surface area contributed by atoms with Gasteiger partial charge in [0.25, 0.3) is 0 Å². The molecule has 0 radical (unpaired) electrons. The molecule has 0 aliphatic rings. The summed E-state index contributed by atoms with van der Waals surface area (Å²) >= 11 is 1.06. The maximum absolute atomic E-state index is 10.5. The number of hydrogen-bond acceptors (Lipinski definition) is 6. The average molecular weight is 287 g/mol. The van der Waals surface area contributed by atoms with Crippen LogP contribution in [0.3, 0.4) is 0 Å². The summed E-state index contributed by atoms with van der Waals surface area (Å²) in [6.07, 6.45) is 1.52. The highest BCUT2D eigenvalue weighted by Gasteiger charge is 2.07. The second kappa shape index (κ2) is 5.10. The molecule has 8 heteroatoms. The van der Waals surface area contributed by atoms with Gasteiger partial charge in [-0.25, -0.2) is 10.4 Å². The predicted molar refractivity (Wildman–Crippen MR) is 78.3 cm³/mol. The molecular formula is C12H9N5O2S. The third kappa shape index (κ3) is 2.50. The summed E-state index contributed by atoms with van der Waals surface area (Å²) in [4.78, 5) is 18.2. The van der Waals surface area contributed by atoms with Crippen molar-refractivity contribution in [3.8, 4) is 0 Å². The number of fused-ring (bicyclic) bond motifs is 1. The molecule has 0 spiro atoms. The lowest BCUT2D eigenvalue weighted by molar-refractivity contribution is -0.380. The first-order valence-corrected chi connectivity index (χ1v) is 6.52. The number of anilines is 1. The molecule has 2 N–H and O–H groups in total. The Hall–Kier alpha value is -2.74. The summed E-state index contributed by atoms with van der Waals surface area (Å²) in [7, 11) is 0. The molecule has 0 saturated carbocycles.